The minimum Gasteiger partial charge on any atom is -0.459 e. The monoisotopic (exact) mass is 462 g/mol. The largest absolute Gasteiger partial charge is 0.459 e. The number of esters is 1. The molecule has 7 heteroatoms. The second-order valence-electron chi connectivity index (χ2n) is 9.29. The van der Waals surface area contributed by atoms with Gasteiger partial charge in [0, 0.05) is 37.6 Å². The van der Waals surface area contributed by atoms with Crippen molar-refractivity contribution in [3.8, 4) is 0 Å². The first-order valence-electron chi connectivity index (χ1n) is 11.7. The van der Waals surface area contributed by atoms with Crippen LogP contribution in [-0.4, -0.2) is 51.9 Å². The van der Waals surface area contributed by atoms with Crippen LogP contribution in [0.25, 0.3) is 10.9 Å². The Labute approximate surface area is 196 Å². The molecule has 0 amide bonds. The third kappa shape index (κ3) is 5.03. The Balaban J connectivity index is 0.00000289. The number of halogens is 1. The molecule has 2 aliphatic heterocycles. The van der Waals surface area contributed by atoms with Gasteiger partial charge in [-0.15, -0.1) is 12.4 Å². The topological polar surface area (TPSA) is 71.8 Å². The highest BCUT2D eigenvalue weighted by Crippen LogP contribution is 2.37. The minimum absolute atomic E-state index is 0. The number of aromatic nitrogens is 1. The zero-order valence-electron chi connectivity index (χ0n) is 19.0. The third-order valence-corrected chi connectivity index (χ3v) is 6.87. The first-order valence-corrected chi connectivity index (χ1v) is 11.7. The van der Waals surface area contributed by atoms with Crippen LogP contribution in [0.5, 0.6) is 0 Å². The fourth-order valence-corrected chi connectivity index (χ4v) is 5.43. The molecular formula is C25H35ClN2O4. The summed E-state index contributed by atoms with van der Waals surface area (Å²) in [4.78, 5) is 28.7. The van der Waals surface area contributed by atoms with Gasteiger partial charge in [0.1, 0.15) is 11.7 Å². The number of carbonyl (C=O) groups excluding carboxylic acids is 1. The van der Waals surface area contributed by atoms with Gasteiger partial charge in [-0.25, -0.2) is 4.79 Å². The molecular weight excluding hydrogens is 428 g/mol. The van der Waals surface area contributed by atoms with E-state index in [-0.39, 0.29) is 42.3 Å². The number of unbranched alkanes of at least 4 members (excludes halogenated alkanes) is 2. The van der Waals surface area contributed by atoms with Gasteiger partial charge in [-0.2, -0.15) is 0 Å². The molecule has 32 heavy (non-hydrogen) atoms. The molecule has 6 nitrogen and oxygen atoms in total. The number of benzene rings is 1. The zero-order chi connectivity index (χ0) is 22.0. The number of aliphatic hydroxyl groups excluding tert-OH is 1. The van der Waals surface area contributed by atoms with Gasteiger partial charge in [-0.3, -0.25) is 9.69 Å². The number of aliphatic hydroxyl groups is 1. The molecule has 1 N–H and O–H groups in total. The predicted octanol–water partition coefficient (Wildman–Crippen LogP) is 4.32. The van der Waals surface area contributed by atoms with Crippen LogP contribution >= 0.6 is 12.4 Å². The number of hydrogen-bond donors (Lipinski definition) is 1. The van der Waals surface area contributed by atoms with Crippen molar-refractivity contribution in [2.75, 3.05) is 13.2 Å². The first kappa shape index (κ1) is 24.7. The Morgan fingerprint density at radius 2 is 1.81 bits per heavy atom. The number of piperidine rings is 1. The van der Waals surface area contributed by atoms with E-state index in [0.717, 1.165) is 62.4 Å². The molecule has 1 aromatic carbocycles. The molecule has 4 rings (SSSR count). The summed E-state index contributed by atoms with van der Waals surface area (Å²) in [5.74, 6) is -0.494. The quantitative estimate of drug-likeness (QED) is 0.467. The molecule has 1 unspecified atom stereocenters. The van der Waals surface area contributed by atoms with Crippen molar-refractivity contribution in [3.05, 3.63) is 46.2 Å². The summed E-state index contributed by atoms with van der Waals surface area (Å²) < 4.78 is 7.59. The SMILES string of the molecule is CC(C)n1c(=O)c(C(=O)OC2C[C@H]3CC[C@@H](C2)N3CCCCCO)cc2ccccc21.Cl. The summed E-state index contributed by atoms with van der Waals surface area (Å²) in [7, 11) is 0. The van der Waals surface area contributed by atoms with Crippen molar-refractivity contribution >= 4 is 29.3 Å². The van der Waals surface area contributed by atoms with Crippen LogP contribution in [0.1, 0.15) is 75.2 Å². The van der Waals surface area contributed by atoms with Crippen molar-refractivity contribution in [2.45, 2.75) is 83.0 Å². The van der Waals surface area contributed by atoms with E-state index in [9.17, 15) is 9.59 Å². The normalized spacial score (nSPS) is 22.8. The maximum atomic E-state index is 13.1. The first-order chi connectivity index (χ1) is 15.0. The van der Waals surface area contributed by atoms with E-state index < -0.39 is 5.97 Å². The van der Waals surface area contributed by atoms with E-state index in [4.69, 9.17) is 9.84 Å². The molecule has 176 valence electrons. The minimum atomic E-state index is -0.494. The van der Waals surface area contributed by atoms with Gasteiger partial charge in [0.2, 0.25) is 0 Å². The Morgan fingerprint density at radius 1 is 1.12 bits per heavy atom. The molecule has 0 spiro atoms. The van der Waals surface area contributed by atoms with Crippen LogP contribution in [-0.2, 0) is 4.74 Å². The summed E-state index contributed by atoms with van der Waals surface area (Å²) in [5, 5.41) is 9.85. The van der Waals surface area contributed by atoms with E-state index in [1.165, 1.54) is 0 Å². The van der Waals surface area contributed by atoms with Gasteiger partial charge < -0.3 is 14.4 Å². The molecule has 2 saturated heterocycles. The summed E-state index contributed by atoms with van der Waals surface area (Å²) >= 11 is 0. The highest BCUT2D eigenvalue weighted by molar-refractivity contribution is 5.94. The Bertz CT molecular complexity index is 976. The lowest BCUT2D eigenvalue weighted by molar-refractivity contribution is -0.00653. The third-order valence-electron chi connectivity index (χ3n) is 6.87. The number of carbonyl (C=O) groups is 1. The fourth-order valence-electron chi connectivity index (χ4n) is 5.43. The molecule has 1 aromatic heterocycles. The fraction of sp³-hybridized carbons (Fsp3) is 0.600. The average Bonchev–Trinajstić information content (AvgIpc) is 2.98. The van der Waals surface area contributed by atoms with Gasteiger partial charge >= 0.3 is 5.97 Å². The van der Waals surface area contributed by atoms with Crippen LogP contribution in [0.15, 0.2) is 35.1 Å². The van der Waals surface area contributed by atoms with Crippen molar-refractivity contribution in [2.24, 2.45) is 0 Å². The molecule has 2 fully saturated rings. The van der Waals surface area contributed by atoms with Gasteiger partial charge in [0.05, 0.1) is 5.52 Å². The van der Waals surface area contributed by atoms with E-state index in [1.54, 1.807) is 10.6 Å². The smallest absolute Gasteiger partial charge is 0.344 e. The molecule has 2 aromatic rings. The lowest BCUT2D eigenvalue weighted by Crippen LogP contribution is -2.46. The summed E-state index contributed by atoms with van der Waals surface area (Å²) in [6.45, 7) is 5.23. The molecule has 0 aliphatic carbocycles. The maximum Gasteiger partial charge on any atom is 0.344 e. The van der Waals surface area contributed by atoms with Crippen LogP contribution < -0.4 is 5.56 Å². The molecule has 3 heterocycles. The van der Waals surface area contributed by atoms with Crippen molar-refractivity contribution in [3.63, 3.8) is 0 Å². The van der Waals surface area contributed by atoms with Crippen LogP contribution in [0.3, 0.4) is 0 Å². The van der Waals surface area contributed by atoms with Crippen molar-refractivity contribution in [1.29, 1.82) is 0 Å². The highest BCUT2D eigenvalue weighted by Gasteiger charge is 2.41. The standard InChI is InChI=1S/C25H34N2O4.ClH/c1-17(2)27-23-9-5-4-8-18(23)14-22(24(27)29)25(30)31-21-15-19-10-11-20(16-21)26(19)12-6-3-7-13-28;/h4-5,8-9,14,17,19-21,28H,3,6-7,10-13,15-16H2,1-2H3;1H/t19-,20+,21?;. The summed E-state index contributed by atoms with van der Waals surface area (Å²) in [5.41, 5.74) is 0.695. The number of nitrogens with zero attached hydrogens (tertiary/aromatic N) is 2. The number of hydrogen-bond acceptors (Lipinski definition) is 5. The Hall–Kier alpha value is -1.89. The molecule has 0 radical (unpaired) electrons. The van der Waals surface area contributed by atoms with Gasteiger partial charge in [0.15, 0.2) is 0 Å². The number of fused-ring (bicyclic) bond motifs is 3. The van der Waals surface area contributed by atoms with Gasteiger partial charge in [0.25, 0.3) is 5.56 Å². The van der Waals surface area contributed by atoms with Gasteiger partial charge in [-0.1, -0.05) is 18.2 Å². The molecule has 3 atom stereocenters. The average molecular weight is 463 g/mol. The van der Waals surface area contributed by atoms with Gasteiger partial charge in [-0.05, 0) is 70.0 Å². The van der Waals surface area contributed by atoms with Crippen LogP contribution in [0.4, 0.5) is 0 Å². The van der Waals surface area contributed by atoms with Crippen LogP contribution in [0, 0.1) is 0 Å². The second-order valence-corrected chi connectivity index (χ2v) is 9.29. The lowest BCUT2D eigenvalue weighted by Gasteiger charge is -2.38. The zero-order valence-corrected chi connectivity index (χ0v) is 19.9. The number of ether oxygens (including phenoxy) is 1. The number of pyridine rings is 1. The summed E-state index contributed by atoms with van der Waals surface area (Å²) in [6.07, 6.45) is 6.87. The van der Waals surface area contributed by atoms with E-state index in [2.05, 4.69) is 4.90 Å². The number of para-hydroxylation sites is 1. The van der Waals surface area contributed by atoms with E-state index in [1.807, 2.05) is 38.1 Å². The Kier molecular flexibility index (Phi) is 8.37. The Morgan fingerprint density at radius 3 is 2.47 bits per heavy atom. The maximum absolute atomic E-state index is 13.1. The van der Waals surface area contributed by atoms with Crippen molar-refractivity contribution < 1.29 is 14.6 Å². The van der Waals surface area contributed by atoms with E-state index in [0.29, 0.717) is 12.1 Å². The molecule has 0 saturated carbocycles. The predicted molar refractivity (Wildman–Crippen MR) is 129 cm³/mol. The molecule has 2 bridgehead atoms. The summed E-state index contributed by atoms with van der Waals surface area (Å²) in [6, 6.07) is 10.2. The van der Waals surface area contributed by atoms with Crippen LogP contribution in [0.2, 0.25) is 0 Å². The van der Waals surface area contributed by atoms with E-state index >= 15 is 0 Å². The highest BCUT2D eigenvalue weighted by atomic mass is 35.5. The van der Waals surface area contributed by atoms with Crippen molar-refractivity contribution in [1.82, 2.24) is 9.47 Å². The number of rotatable bonds is 8. The molecule has 2 aliphatic rings. The second kappa shape index (κ2) is 10.8. The lowest BCUT2D eigenvalue weighted by atomic mass is 9.99.